The molecule has 1 N–H and O–H groups in total. The first-order chi connectivity index (χ1) is 13.0. The monoisotopic (exact) mass is 386 g/mol. The quantitative estimate of drug-likeness (QED) is 0.852. The van der Waals surface area contributed by atoms with Crippen LogP contribution in [0.1, 0.15) is 50.1 Å². The fourth-order valence-electron chi connectivity index (χ4n) is 4.73. The first-order valence-corrected chi connectivity index (χ1v) is 10.3. The van der Waals surface area contributed by atoms with Gasteiger partial charge in [0.15, 0.2) is 0 Å². The average Bonchev–Trinajstić information content (AvgIpc) is 3.20. The molecule has 1 saturated heterocycles. The summed E-state index contributed by atoms with van der Waals surface area (Å²) in [7, 11) is 0. The summed E-state index contributed by atoms with van der Waals surface area (Å²) in [6.45, 7) is 1.35. The summed E-state index contributed by atoms with van der Waals surface area (Å²) in [4.78, 5) is 15.1. The molecule has 0 radical (unpaired) electrons. The summed E-state index contributed by atoms with van der Waals surface area (Å²) in [6.07, 6.45) is 9.30. The number of aliphatic hydroxyl groups is 1. The van der Waals surface area contributed by atoms with E-state index in [9.17, 15) is 9.90 Å². The lowest BCUT2D eigenvalue weighted by atomic mass is 9.71. The molecule has 0 spiro atoms. The van der Waals surface area contributed by atoms with Gasteiger partial charge in [0.25, 0.3) is 0 Å². The molecule has 144 valence electrons. The molecule has 1 aliphatic heterocycles. The molecule has 1 aromatic carbocycles. The Balaban J connectivity index is 1.50. The van der Waals surface area contributed by atoms with E-state index in [-0.39, 0.29) is 17.9 Å². The largest absolute Gasteiger partial charge is 0.389 e. The lowest BCUT2D eigenvalue weighted by Gasteiger charge is -2.47. The van der Waals surface area contributed by atoms with Crippen LogP contribution in [0, 0.1) is 5.92 Å². The number of halogens is 1. The number of likely N-dealkylation sites (tertiary alicyclic amines) is 1. The van der Waals surface area contributed by atoms with Gasteiger partial charge in [-0.05, 0) is 49.1 Å². The van der Waals surface area contributed by atoms with Crippen LogP contribution in [0.15, 0.2) is 48.8 Å². The minimum atomic E-state index is -0.551. The first kappa shape index (κ1) is 18.6. The zero-order chi connectivity index (χ0) is 18.9. The number of hydrogen-bond acceptors (Lipinski definition) is 2. The van der Waals surface area contributed by atoms with Crippen molar-refractivity contribution in [3.8, 4) is 0 Å². The van der Waals surface area contributed by atoms with Gasteiger partial charge >= 0.3 is 0 Å². The van der Waals surface area contributed by atoms with Crippen molar-refractivity contribution in [2.75, 3.05) is 13.1 Å². The zero-order valence-electron chi connectivity index (χ0n) is 15.6. The van der Waals surface area contributed by atoms with E-state index in [4.69, 9.17) is 11.6 Å². The summed E-state index contributed by atoms with van der Waals surface area (Å²) in [5.41, 5.74) is 0.528. The lowest BCUT2D eigenvalue weighted by Crippen LogP contribution is -2.54. The molecule has 2 aromatic rings. The number of carbonyl (C=O) groups is 1. The maximum Gasteiger partial charge on any atom is 0.225 e. The SMILES string of the molecule is O=C(CC(c1ccc(Cl)cc1)n1cccc1)N1CC[C@@]2(O)CCCC[C@H]2C1. The molecular formula is C22H27ClN2O2. The number of rotatable bonds is 4. The van der Waals surface area contributed by atoms with Crippen molar-refractivity contribution >= 4 is 17.5 Å². The molecule has 3 atom stereocenters. The molecule has 0 bridgehead atoms. The number of hydrogen-bond donors (Lipinski definition) is 1. The number of nitrogens with zero attached hydrogens (tertiary/aromatic N) is 2. The molecule has 1 unspecified atom stereocenters. The van der Waals surface area contributed by atoms with Crippen LogP contribution in [-0.4, -0.2) is 39.2 Å². The van der Waals surface area contributed by atoms with Gasteiger partial charge in [0.1, 0.15) is 0 Å². The van der Waals surface area contributed by atoms with Gasteiger partial charge < -0.3 is 14.6 Å². The summed E-state index contributed by atoms with van der Waals surface area (Å²) >= 11 is 6.04. The fraction of sp³-hybridized carbons (Fsp3) is 0.500. The Labute approximate surface area is 165 Å². The molecule has 1 aliphatic carbocycles. The standard InChI is InChI=1S/C22H27ClN2O2/c23-19-8-6-17(7-9-19)20(24-12-3-4-13-24)15-21(26)25-14-11-22(27)10-2-1-5-18(22)16-25/h3-4,6-9,12-13,18,20,27H,1-2,5,10-11,14-16H2/t18-,20?,22-/m0/s1. The molecule has 2 aliphatic rings. The van der Waals surface area contributed by atoms with Gasteiger partial charge in [-0.1, -0.05) is 36.6 Å². The Hall–Kier alpha value is -1.78. The number of amides is 1. The Morgan fingerprint density at radius 2 is 1.93 bits per heavy atom. The molecule has 1 saturated carbocycles. The summed E-state index contributed by atoms with van der Waals surface area (Å²) in [5.74, 6) is 0.390. The second-order valence-corrected chi connectivity index (χ2v) is 8.47. The molecular weight excluding hydrogens is 360 g/mol. The summed E-state index contributed by atoms with van der Waals surface area (Å²) < 4.78 is 2.09. The molecule has 5 heteroatoms. The number of piperidine rings is 1. The summed E-state index contributed by atoms with van der Waals surface area (Å²) in [5, 5.41) is 11.6. The average molecular weight is 387 g/mol. The van der Waals surface area contributed by atoms with Crippen molar-refractivity contribution in [1.29, 1.82) is 0 Å². The van der Waals surface area contributed by atoms with Gasteiger partial charge in [-0.15, -0.1) is 0 Å². The highest BCUT2D eigenvalue weighted by Crippen LogP contribution is 2.40. The number of fused-ring (bicyclic) bond motifs is 1. The third-order valence-electron chi connectivity index (χ3n) is 6.39. The van der Waals surface area contributed by atoms with Gasteiger partial charge in [0.05, 0.1) is 18.1 Å². The topological polar surface area (TPSA) is 45.5 Å². The molecule has 1 aromatic heterocycles. The first-order valence-electron chi connectivity index (χ1n) is 9.93. The van der Waals surface area contributed by atoms with Crippen LogP contribution in [0.5, 0.6) is 0 Å². The highest BCUT2D eigenvalue weighted by molar-refractivity contribution is 6.30. The van der Waals surface area contributed by atoms with Gasteiger partial charge in [-0.25, -0.2) is 0 Å². The second-order valence-electron chi connectivity index (χ2n) is 8.04. The normalized spacial score (nSPS) is 26.4. The lowest BCUT2D eigenvalue weighted by molar-refractivity contribution is -0.143. The van der Waals surface area contributed by atoms with Gasteiger partial charge in [-0.2, -0.15) is 0 Å². The highest BCUT2D eigenvalue weighted by Gasteiger charge is 2.43. The van der Waals surface area contributed by atoms with E-state index in [0.717, 1.165) is 31.2 Å². The van der Waals surface area contributed by atoms with E-state index in [1.54, 1.807) is 0 Å². The van der Waals surface area contributed by atoms with Crippen LogP contribution in [0.4, 0.5) is 0 Å². The third-order valence-corrected chi connectivity index (χ3v) is 6.64. The zero-order valence-corrected chi connectivity index (χ0v) is 16.3. The number of aromatic nitrogens is 1. The van der Waals surface area contributed by atoms with Gasteiger partial charge in [0, 0.05) is 36.4 Å². The van der Waals surface area contributed by atoms with E-state index >= 15 is 0 Å². The maximum atomic E-state index is 13.1. The number of carbonyl (C=O) groups excluding carboxylic acids is 1. The van der Waals surface area contributed by atoms with Crippen LogP contribution in [0.25, 0.3) is 0 Å². The molecule has 4 rings (SSSR count). The Morgan fingerprint density at radius 3 is 2.67 bits per heavy atom. The van der Waals surface area contributed by atoms with E-state index in [0.29, 0.717) is 31.0 Å². The Kier molecular flexibility index (Phi) is 5.29. The van der Waals surface area contributed by atoms with E-state index in [1.807, 2.05) is 53.7 Å². The van der Waals surface area contributed by atoms with Crippen LogP contribution >= 0.6 is 11.6 Å². The van der Waals surface area contributed by atoms with Crippen LogP contribution < -0.4 is 0 Å². The van der Waals surface area contributed by atoms with E-state index in [1.165, 1.54) is 0 Å². The molecule has 1 amide bonds. The summed E-state index contributed by atoms with van der Waals surface area (Å²) in [6, 6.07) is 11.7. The molecule has 27 heavy (non-hydrogen) atoms. The van der Waals surface area contributed by atoms with Crippen LogP contribution in [-0.2, 0) is 4.79 Å². The molecule has 4 nitrogen and oxygen atoms in total. The third kappa shape index (κ3) is 3.92. The Morgan fingerprint density at radius 1 is 1.19 bits per heavy atom. The smallest absolute Gasteiger partial charge is 0.225 e. The van der Waals surface area contributed by atoms with Crippen LogP contribution in [0.3, 0.4) is 0 Å². The van der Waals surface area contributed by atoms with E-state index < -0.39 is 5.60 Å². The highest BCUT2D eigenvalue weighted by atomic mass is 35.5. The van der Waals surface area contributed by atoms with Crippen molar-refractivity contribution in [2.24, 2.45) is 5.92 Å². The minimum Gasteiger partial charge on any atom is -0.389 e. The van der Waals surface area contributed by atoms with Gasteiger partial charge in [0.2, 0.25) is 5.91 Å². The van der Waals surface area contributed by atoms with Crippen molar-refractivity contribution in [1.82, 2.24) is 9.47 Å². The predicted molar refractivity (Wildman–Crippen MR) is 107 cm³/mol. The minimum absolute atomic E-state index is 0.0445. The van der Waals surface area contributed by atoms with Crippen molar-refractivity contribution in [2.45, 2.75) is 50.2 Å². The maximum absolute atomic E-state index is 13.1. The Bertz CT molecular complexity index is 774. The van der Waals surface area contributed by atoms with Gasteiger partial charge in [-0.3, -0.25) is 4.79 Å². The molecule has 2 heterocycles. The van der Waals surface area contributed by atoms with Crippen molar-refractivity contribution < 1.29 is 9.90 Å². The molecule has 2 fully saturated rings. The predicted octanol–water partition coefficient (Wildman–Crippen LogP) is 4.27. The second kappa shape index (κ2) is 7.69. The van der Waals surface area contributed by atoms with Crippen molar-refractivity contribution in [3.63, 3.8) is 0 Å². The van der Waals surface area contributed by atoms with E-state index in [2.05, 4.69) is 4.57 Å². The number of benzene rings is 1. The van der Waals surface area contributed by atoms with Crippen LogP contribution in [0.2, 0.25) is 5.02 Å². The van der Waals surface area contributed by atoms with Crippen molar-refractivity contribution in [3.05, 3.63) is 59.4 Å². The fourth-order valence-corrected chi connectivity index (χ4v) is 4.85.